The number of H-pyrrole nitrogens is 1. The summed E-state index contributed by atoms with van der Waals surface area (Å²) in [6, 6.07) is 0. The number of amidine groups is 1. The Morgan fingerprint density at radius 1 is 0.776 bits per heavy atom. The van der Waals surface area contributed by atoms with E-state index >= 15 is 0 Å². The predicted octanol–water partition coefficient (Wildman–Crippen LogP) is 8.02. The molecule has 378 valence electrons. The maximum atomic E-state index is 10.9. The second kappa shape index (κ2) is 24.2. The third kappa shape index (κ3) is 22.9. The fourth-order valence-electron chi connectivity index (χ4n) is 4.68. The van der Waals surface area contributed by atoms with Crippen LogP contribution >= 0.6 is 0 Å². The molecule has 1 aromatic heterocycles. The molecule has 20 nitrogen and oxygen atoms in total. The molecule has 0 spiro atoms. The van der Waals surface area contributed by atoms with Crippen molar-refractivity contribution in [2.24, 2.45) is 36.7 Å². The number of amides is 1. The Morgan fingerprint density at radius 2 is 1.40 bits per heavy atom. The van der Waals surface area contributed by atoms with Crippen molar-refractivity contribution in [1.29, 1.82) is 0 Å². The van der Waals surface area contributed by atoms with E-state index in [2.05, 4.69) is 197 Å². The summed E-state index contributed by atoms with van der Waals surface area (Å²) >= 11 is 0. The Hall–Kier alpha value is -5.89. The van der Waals surface area contributed by atoms with E-state index < -0.39 is 0 Å². The average Bonchev–Trinajstić information content (AvgIpc) is 4.02. The molecule has 1 aromatic rings. The van der Waals surface area contributed by atoms with Gasteiger partial charge in [-0.25, -0.2) is 11.0 Å². The molecule has 1 atom stereocenters. The summed E-state index contributed by atoms with van der Waals surface area (Å²) in [6.45, 7) is 55.3. The lowest BCUT2D eigenvalue weighted by Gasteiger charge is -2.30. The zero-order chi connectivity index (χ0) is 51.8. The zero-order valence-corrected chi connectivity index (χ0v) is 44.5. The molecule has 1 unspecified atom stereocenters. The summed E-state index contributed by atoms with van der Waals surface area (Å²) in [5, 5.41) is 27.4. The standard InChI is InChI=1S/2C8H13NO.C7H12N2O.C7H11NO2.2C6H13N3.C5H10N4/c1-6-9-7(5-10-6)8(2,3)4;1-6-9-5-7(10-6)8(2,3)4;1-5-8-6(9-10-5)7(2,3)4;1-7(2,3)5-6(9)8-4-10-5;2*1-6(2,3)9-5-4-7-8-9;1-5(2,3)4-6-8-9-7-4/h2*5,9H,1H2,2-4H3;1H2,2-4H3,(H,8,9);4-5H,1-3H3;4,8H,5H2,1-3H3;4-5,7-8H,1-3H3;1-3H3,(H,6,7,8,9). The van der Waals surface area contributed by atoms with E-state index in [1.54, 1.807) is 6.26 Å². The molecule has 0 fully saturated rings. The number of hydrazine groups is 3. The van der Waals surface area contributed by atoms with Gasteiger partial charge in [0.15, 0.2) is 30.1 Å². The number of hydrazone groups is 1. The van der Waals surface area contributed by atoms with Crippen molar-refractivity contribution in [1.82, 2.24) is 63.3 Å². The number of rotatable bonds is 0. The maximum Gasteiger partial charge on any atom is 0.290 e. The fourth-order valence-corrected chi connectivity index (χ4v) is 4.68. The molecular formula is C47H85N15O5. The van der Waals surface area contributed by atoms with Crippen molar-refractivity contribution in [3.63, 3.8) is 0 Å². The van der Waals surface area contributed by atoms with Gasteiger partial charge in [0, 0.05) is 63.0 Å². The maximum absolute atomic E-state index is 10.9. The van der Waals surface area contributed by atoms with E-state index in [0.29, 0.717) is 17.6 Å². The molecule has 0 bridgehead atoms. The van der Waals surface area contributed by atoms with Gasteiger partial charge in [-0.15, -0.1) is 15.7 Å². The second-order valence-electron chi connectivity index (χ2n) is 22.9. The molecule has 67 heavy (non-hydrogen) atoms. The number of hydrogen-bond acceptors (Lipinski definition) is 18. The second-order valence-corrected chi connectivity index (χ2v) is 22.9. The Labute approximate surface area is 401 Å². The Kier molecular flexibility index (Phi) is 21.4. The van der Waals surface area contributed by atoms with E-state index in [-0.39, 0.29) is 50.2 Å². The molecule has 7 heterocycles. The molecule has 0 aliphatic carbocycles. The van der Waals surface area contributed by atoms with Crippen LogP contribution in [0.5, 0.6) is 0 Å². The minimum atomic E-state index is -0.382. The topological polar surface area (TPSA) is 224 Å². The molecule has 0 saturated carbocycles. The van der Waals surface area contributed by atoms with Crippen molar-refractivity contribution in [3.8, 4) is 0 Å². The summed E-state index contributed by atoms with van der Waals surface area (Å²) in [5.41, 5.74) is 12.9. The summed E-state index contributed by atoms with van der Waals surface area (Å²) in [4.78, 5) is 23.3. The first-order valence-electron chi connectivity index (χ1n) is 22.2. The third-order valence-corrected chi connectivity index (χ3v) is 8.91. The number of hydroxylamine groups is 1. The number of aliphatic imine (C=N–C) groups is 2. The molecule has 1 amide bonds. The van der Waals surface area contributed by atoms with E-state index in [0.717, 1.165) is 29.7 Å². The molecule has 20 heteroatoms. The predicted molar refractivity (Wildman–Crippen MR) is 268 cm³/mol. The van der Waals surface area contributed by atoms with Gasteiger partial charge in [-0.2, -0.15) is 25.3 Å². The summed E-state index contributed by atoms with van der Waals surface area (Å²) in [6.07, 6.45) is 10.1. The van der Waals surface area contributed by atoms with Crippen LogP contribution in [0.4, 0.5) is 0 Å². The monoisotopic (exact) mass is 940 g/mol. The SMILES string of the molecule is C=C1N=C(C(C)(C)C)NO1.C=C1NC(C(C)(C)C)=CO1.C=C1NC=C(C(C)(C)C)O1.CC(C)(C)C1OC=NC1=O.CC(C)(C)N1C=CNN1.CC(C)(C)N1CC=NN1.CC(C)(C)c1nn[nH]n1. The van der Waals surface area contributed by atoms with Crippen molar-refractivity contribution in [2.45, 2.75) is 168 Å². The number of nitrogens with zero attached hydrogens (tertiary/aromatic N) is 8. The van der Waals surface area contributed by atoms with E-state index in [9.17, 15) is 4.79 Å². The fraction of sp³-hybridized carbons (Fsp3) is 0.638. The number of aromatic amines is 1. The molecule has 6 aliphatic rings. The molecule has 0 saturated heterocycles. The Morgan fingerprint density at radius 3 is 1.61 bits per heavy atom. The number of allylic oxidation sites excluding steroid dienone is 2. The average molecular weight is 940 g/mol. The van der Waals surface area contributed by atoms with Gasteiger partial charge in [0.2, 0.25) is 5.88 Å². The number of hydrogen-bond donors (Lipinski definition) is 7. The van der Waals surface area contributed by atoms with Gasteiger partial charge in [-0.05, 0) is 61.3 Å². The number of ether oxygens (including phenoxy) is 3. The Balaban J connectivity index is 0.000000391. The largest absolute Gasteiger partial charge is 0.469 e. The highest BCUT2D eigenvalue weighted by Crippen LogP contribution is 2.30. The number of carbonyl (C=O) groups is 1. The normalized spacial score (nSPS) is 18.6. The number of carbonyl (C=O) groups excluding carboxylic acids is 1. The highest BCUT2D eigenvalue weighted by atomic mass is 16.7. The summed E-state index contributed by atoms with van der Waals surface area (Å²) in [5.74, 6) is 4.02. The lowest BCUT2D eigenvalue weighted by molar-refractivity contribution is -0.126. The van der Waals surface area contributed by atoms with Gasteiger partial charge in [0.1, 0.15) is 17.9 Å². The van der Waals surface area contributed by atoms with E-state index in [1.165, 1.54) is 6.40 Å². The van der Waals surface area contributed by atoms with Crippen LogP contribution in [0.25, 0.3) is 0 Å². The van der Waals surface area contributed by atoms with Gasteiger partial charge in [0.05, 0.1) is 12.2 Å². The number of aromatic nitrogens is 4. The van der Waals surface area contributed by atoms with Crippen molar-refractivity contribution < 1.29 is 23.8 Å². The third-order valence-electron chi connectivity index (χ3n) is 8.91. The van der Waals surface area contributed by atoms with Crippen LogP contribution in [-0.4, -0.2) is 78.7 Å². The lowest BCUT2D eigenvalue weighted by atomic mass is 9.89. The van der Waals surface area contributed by atoms with Crippen LogP contribution < -0.4 is 32.6 Å². The minimum Gasteiger partial charge on any atom is -0.469 e. The Bertz CT molecular complexity index is 1900. The van der Waals surface area contributed by atoms with Crippen LogP contribution in [0, 0.1) is 21.7 Å². The number of nitrogens with one attached hydrogen (secondary N) is 7. The van der Waals surface area contributed by atoms with Gasteiger partial charge in [0.25, 0.3) is 5.91 Å². The van der Waals surface area contributed by atoms with Crippen LogP contribution in [-0.2, 0) is 29.3 Å². The van der Waals surface area contributed by atoms with Crippen LogP contribution in [0.2, 0.25) is 0 Å². The first kappa shape index (κ1) is 59.1. The van der Waals surface area contributed by atoms with E-state index in [1.807, 2.05) is 71.4 Å². The van der Waals surface area contributed by atoms with Crippen molar-refractivity contribution in [3.05, 3.63) is 79.5 Å². The molecule has 7 N–H and O–H groups in total. The summed E-state index contributed by atoms with van der Waals surface area (Å²) < 4.78 is 15.3. The molecule has 0 aromatic carbocycles. The first-order valence-corrected chi connectivity index (χ1v) is 22.2. The molecular weight excluding hydrogens is 855 g/mol. The molecule has 0 radical (unpaired) electrons. The van der Waals surface area contributed by atoms with Crippen LogP contribution in [0.15, 0.2) is 88.8 Å². The van der Waals surface area contributed by atoms with Crippen molar-refractivity contribution in [2.75, 3.05) is 6.54 Å². The quantitative estimate of drug-likeness (QED) is 0.131. The number of tetrazole rings is 1. The van der Waals surface area contributed by atoms with Crippen LogP contribution in [0.3, 0.4) is 0 Å². The minimum absolute atomic E-state index is 0.00694. The molecule has 6 aliphatic heterocycles. The summed E-state index contributed by atoms with van der Waals surface area (Å²) in [7, 11) is 0. The smallest absolute Gasteiger partial charge is 0.290 e. The highest BCUT2D eigenvalue weighted by Gasteiger charge is 2.35. The van der Waals surface area contributed by atoms with Crippen molar-refractivity contribution >= 4 is 24.4 Å². The first-order chi connectivity index (χ1) is 30.3. The van der Waals surface area contributed by atoms with E-state index in [4.69, 9.17) is 19.0 Å². The van der Waals surface area contributed by atoms with Gasteiger partial charge in [-0.1, -0.05) is 109 Å². The van der Waals surface area contributed by atoms with Gasteiger partial charge >= 0.3 is 0 Å². The highest BCUT2D eigenvalue weighted by molar-refractivity contribution is 5.92. The lowest BCUT2D eigenvalue weighted by Crippen LogP contribution is -2.47. The zero-order valence-electron chi connectivity index (χ0n) is 44.5. The molecule has 7 rings (SSSR count). The van der Waals surface area contributed by atoms with Crippen LogP contribution in [0.1, 0.15) is 151 Å². The van der Waals surface area contributed by atoms with Gasteiger partial charge in [-0.3, -0.25) is 9.80 Å². The van der Waals surface area contributed by atoms with Gasteiger partial charge < -0.3 is 35.1 Å².